The second kappa shape index (κ2) is 10.2. The molecule has 0 aliphatic carbocycles. The molecule has 0 unspecified atom stereocenters. The van der Waals surface area contributed by atoms with Crippen LogP contribution < -0.4 is 9.47 Å². The predicted molar refractivity (Wildman–Crippen MR) is 100 cm³/mol. The second-order valence-corrected chi connectivity index (χ2v) is 6.31. The van der Waals surface area contributed by atoms with Crippen molar-refractivity contribution < 1.29 is 19.4 Å². The molecule has 0 saturated carbocycles. The van der Waals surface area contributed by atoms with Crippen LogP contribution in [0.4, 0.5) is 0 Å². The highest BCUT2D eigenvalue weighted by Gasteiger charge is 2.13. The van der Waals surface area contributed by atoms with Crippen LogP contribution >= 0.6 is 23.5 Å². The topological polar surface area (TPSA) is 55.8 Å². The zero-order chi connectivity index (χ0) is 18.1. The molecule has 0 atom stereocenters. The van der Waals surface area contributed by atoms with E-state index in [-0.39, 0.29) is 0 Å². The van der Waals surface area contributed by atoms with E-state index in [1.165, 1.54) is 23.5 Å². The average molecular weight is 367 g/mol. The van der Waals surface area contributed by atoms with Gasteiger partial charge in [-0.2, -0.15) is 0 Å². The number of hydrogen-bond donors (Lipinski definition) is 1. The van der Waals surface area contributed by atoms with Crippen LogP contribution in [0.1, 0.15) is 24.2 Å². The maximum Gasteiger partial charge on any atom is 0.336 e. The van der Waals surface area contributed by atoms with E-state index in [2.05, 4.69) is 0 Å². The molecule has 1 N–H and O–H groups in total. The predicted octanol–water partition coefficient (Wildman–Crippen LogP) is 5.30. The summed E-state index contributed by atoms with van der Waals surface area (Å²) in [5.41, 5.74) is 0.290. The monoisotopic (exact) mass is 366 g/mol. The zero-order valence-corrected chi connectivity index (χ0v) is 16.1. The first-order valence-corrected chi connectivity index (χ1v) is 9.43. The van der Waals surface area contributed by atoms with Gasteiger partial charge in [-0.05, 0) is 36.6 Å². The molecule has 4 nitrogen and oxygen atoms in total. The Kier molecular flexibility index (Phi) is 8.57. The molecule has 0 aromatic heterocycles. The summed E-state index contributed by atoms with van der Waals surface area (Å²) >= 11 is 2.89. The number of methoxy groups -OCH3 is 2. The van der Waals surface area contributed by atoms with Crippen molar-refractivity contribution >= 4 is 29.5 Å². The van der Waals surface area contributed by atoms with Gasteiger partial charge < -0.3 is 14.6 Å². The molecule has 0 bridgehead atoms. The van der Waals surface area contributed by atoms with Crippen LogP contribution in [0.15, 0.2) is 51.1 Å². The van der Waals surface area contributed by atoms with Crippen LogP contribution in [-0.2, 0) is 0 Å². The summed E-state index contributed by atoms with van der Waals surface area (Å²) in [7, 11) is 3.17. The van der Waals surface area contributed by atoms with Crippen LogP contribution in [0, 0.1) is 0 Å². The Hall–Kier alpha value is -1.79. The second-order valence-electron chi connectivity index (χ2n) is 4.32. The molecule has 0 spiro atoms. The Labute approximate surface area is 151 Å². The lowest BCUT2D eigenvalue weighted by molar-refractivity contribution is 0.0693. The molecular formula is C18H22O4S2. The van der Waals surface area contributed by atoms with Gasteiger partial charge in [0.05, 0.1) is 19.8 Å². The fourth-order valence-corrected chi connectivity index (χ4v) is 3.30. The van der Waals surface area contributed by atoms with E-state index in [0.29, 0.717) is 22.0 Å². The largest absolute Gasteiger partial charge is 0.497 e. The Morgan fingerprint density at radius 2 is 1.54 bits per heavy atom. The van der Waals surface area contributed by atoms with Crippen molar-refractivity contribution in [1.29, 1.82) is 0 Å². The van der Waals surface area contributed by atoms with Crippen molar-refractivity contribution in [2.24, 2.45) is 0 Å². The summed E-state index contributed by atoms with van der Waals surface area (Å²) in [6.07, 6.45) is 1.92. The lowest BCUT2D eigenvalue weighted by Crippen LogP contribution is -1.99. The van der Waals surface area contributed by atoms with E-state index in [4.69, 9.17) is 9.47 Å². The molecule has 2 aromatic carbocycles. The van der Waals surface area contributed by atoms with E-state index >= 15 is 0 Å². The van der Waals surface area contributed by atoms with Crippen molar-refractivity contribution in [3.63, 3.8) is 0 Å². The first-order chi connectivity index (χ1) is 11.6. The molecule has 6 heteroatoms. The van der Waals surface area contributed by atoms with Gasteiger partial charge >= 0.3 is 5.97 Å². The highest BCUT2D eigenvalue weighted by atomic mass is 32.2. The molecule has 0 amide bonds. The number of rotatable bonds is 6. The third-order valence-electron chi connectivity index (χ3n) is 2.97. The number of thioether (sulfide) groups is 1. The Bertz CT molecular complexity index is 664. The van der Waals surface area contributed by atoms with Gasteiger partial charge in [0, 0.05) is 20.8 Å². The van der Waals surface area contributed by atoms with E-state index in [0.717, 1.165) is 9.79 Å². The molecule has 2 aromatic rings. The van der Waals surface area contributed by atoms with Gasteiger partial charge in [-0.15, -0.1) is 11.8 Å². The minimum Gasteiger partial charge on any atom is -0.497 e. The molecule has 2 rings (SSSR count). The summed E-state index contributed by atoms with van der Waals surface area (Å²) in [5.74, 6) is 0.396. The molecule has 0 aliphatic rings. The van der Waals surface area contributed by atoms with Crippen LogP contribution in [0.2, 0.25) is 0 Å². The van der Waals surface area contributed by atoms with Gasteiger partial charge in [0.15, 0.2) is 0 Å². The molecular weight excluding hydrogens is 344 g/mol. The molecule has 0 radical (unpaired) electrons. The van der Waals surface area contributed by atoms with Crippen molar-refractivity contribution in [2.75, 3.05) is 20.5 Å². The van der Waals surface area contributed by atoms with Crippen LogP contribution in [0.3, 0.4) is 0 Å². The number of benzene rings is 2. The maximum absolute atomic E-state index is 11.5. The van der Waals surface area contributed by atoms with Gasteiger partial charge in [0.25, 0.3) is 0 Å². The van der Waals surface area contributed by atoms with Gasteiger partial charge in [0.2, 0.25) is 0 Å². The minimum absolute atomic E-state index is 0.290. The van der Waals surface area contributed by atoms with E-state index < -0.39 is 5.97 Å². The Balaban J connectivity index is 0.00000139. The van der Waals surface area contributed by atoms with Crippen LogP contribution in [0.25, 0.3) is 0 Å². The third-order valence-corrected chi connectivity index (χ3v) is 4.74. The molecule has 130 valence electrons. The number of carboxylic acid groups (broad SMARTS) is 1. The Morgan fingerprint density at radius 3 is 2.00 bits per heavy atom. The highest BCUT2D eigenvalue weighted by Crippen LogP contribution is 2.36. The molecule has 0 aliphatic heterocycles. The van der Waals surface area contributed by atoms with Crippen molar-refractivity contribution in [3.8, 4) is 11.5 Å². The normalized spacial score (nSPS) is 9.71. The van der Waals surface area contributed by atoms with E-state index in [9.17, 15) is 9.90 Å². The first-order valence-electron chi connectivity index (χ1n) is 7.39. The fourth-order valence-electron chi connectivity index (χ4n) is 1.86. The first kappa shape index (κ1) is 20.3. The quantitative estimate of drug-likeness (QED) is 0.700. The number of carbonyl (C=O) groups is 1. The zero-order valence-electron chi connectivity index (χ0n) is 14.5. The number of aromatic carboxylic acids is 1. The van der Waals surface area contributed by atoms with Crippen LogP contribution in [0.5, 0.6) is 11.5 Å². The standard InChI is InChI=1S/C16H16O4S2.C2H6/c1-19-10-6-11(20-2)8-13(7-10)22-15-5-4-12(21-3)9-14(15)16(17)18;1-2/h4-9H,1-3H3,(H,17,18);1-2H3. The smallest absolute Gasteiger partial charge is 0.336 e. The Morgan fingerprint density at radius 1 is 0.958 bits per heavy atom. The van der Waals surface area contributed by atoms with Crippen molar-refractivity contribution in [2.45, 2.75) is 28.5 Å². The van der Waals surface area contributed by atoms with Crippen molar-refractivity contribution in [1.82, 2.24) is 0 Å². The maximum atomic E-state index is 11.5. The van der Waals surface area contributed by atoms with Gasteiger partial charge in [-0.25, -0.2) is 4.79 Å². The lowest BCUT2D eigenvalue weighted by atomic mass is 10.2. The molecule has 0 fully saturated rings. The van der Waals surface area contributed by atoms with E-state index in [1.807, 2.05) is 44.4 Å². The number of carboxylic acids is 1. The summed E-state index contributed by atoms with van der Waals surface area (Å²) in [4.78, 5) is 13.9. The SMILES string of the molecule is CC.COc1cc(OC)cc(Sc2ccc(SC)cc2C(=O)O)c1. The third kappa shape index (κ3) is 5.39. The number of hydrogen-bond acceptors (Lipinski definition) is 5. The van der Waals surface area contributed by atoms with E-state index in [1.54, 1.807) is 26.4 Å². The summed E-state index contributed by atoms with van der Waals surface area (Å²) in [5, 5.41) is 9.39. The fraction of sp³-hybridized carbons (Fsp3) is 0.278. The van der Waals surface area contributed by atoms with Crippen molar-refractivity contribution in [3.05, 3.63) is 42.0 Å². The van der Waals surface area contributed by atoms with Crippen LogP contribution in [-0.4, -0.2) is 31.6 Å². The highest BCUT2D eigenvalue weighted by molar-refractivity contribution is 7.99. The van der Waals surface area contributed by atoms with Gasteiger partial charge in [-0.3, -0.25) is 0 Å². The summed E-state index contributed by atoms with van der Waals surface area (Å²) in [6, 6.07) is 10.9. The van der Waals surface area contributed by atoms with Gasteiger partial charge in [0.1, 0.15) is 11.5 Å². The summed E-state index contributed by atoms with van der Waals surface area (Å²) < 4.78 is 10.5. The molecule has 0 saturated heterocycles. The average Bonchev–Trinajstić information content (AvgIpc) is 2.63. The lowest BCUT2D eigenvalue weighted by Gasteiger charge is -2.10. The number of ether oxygens (including phenoxy) is 2. The minimum atomic E-state index is -0.937. The molecule has 0 heterocycles. The summed E-state index contributed by atoms with van der Waals surface area (Å²) in [6.45, 7) is 4.00. The molecule has 24 heavy (non-hydrogen) atoms. The van der Waals surface area contributed by atoms with Gasteiger partial charge in [-0.1, -0.05) is 25.6 Å².